The van der Waals surface area contributed by atoms with Gasteiger partial charge in [0.05, 0.1) is 0 Å². The number of carboxylic acids is 1. The Hall–Kier alpha value is -1.12. The maximum atomic E-state index is 10.5. The Morgan fingerprint density at radius 2 is 2.00 bits per heavy atom. The molecule has 0 aromatic heterocycles. The number of allylic oxidation sites excluding steroid dienone is 2. The molecule has 15 heavy (non-hydrogen) atoms. The Kier molecular flexibility index (Phi) is 8.73. The molecule has 1 N–H and O–H groups in total. The molecular weight excluding hydrogens is 192 g/mol. The molecule has 86 valence electrons. The van der Waals surface area contributed by atoms with Crippen LogP contribution in [0.1, 0.15) is 45.4 Å². The first-order valence-electron chi connectivity index (χ1n) is 5.55. The topological polar surface area (TPSA) is 54.4 Å². The Balaban J connectivity index is 3.52. The highest BCUT2D eigenvalue weighted by Crippen LogP contribution is 2.05. The van der Waals surface area contributed by atoms with Crippen molar-refractivity contribution in [2.75, 3.05) is 0 Å². The van der Waals surface area contributed by atoms with E-state index >= 15 is 0 Å². The molecule has 3 heteroatoms. The Morgan fingerprint density at radius 3 is 2.53 bits per heavy atom. The summed E-state index contributed by atoms with van der Waals surface area (Å²) >= 11 is 0. The van der Waals surface area contributed by atoms with E-state index in [-0.39, 0.29) is 0 Å². The number of hydrogen-bond acceptors (Lipinski definition) is 2. The molecule has 0 aliphatic heterocycles. The molecule has 0 aromatic carbocycles. The summed E-state index contributed by atoms with van der Waals surface area (Å²) in [6.07, 6.45) is 10.4. The molecule has 0 saturated carbocycles. The van der Waals surface area contributed by atoms with Crippen LogP contribution < -0.4 is 0 Å². The number of carbonyl (C=O) groups is 2. The fourth-order valence-electron chi connectivity index (χ4n) is 1.26. The summed E-state index contributed by atoms with van der Waals surface area (Å²) < 4.78 is 0. The van der Waals surface area contributed by atoms with Crippen LogP contribution in [0.25, 0.3) is 0 Å². The second-order valence-corrected chi connectivity index (χ2v) is 3.64. The third-order valence-electron chi connectivity index (χ3n) is 2.26. The van der Waals surface area contributed by atoms with Crippen LogP contribution in [0.2, 0.25) is 0 Å². The molecule has 3 nitrogen and oxygen atoms in total. The summed E-state index contributed by atoms with van der Waals surface area (Å²) in [7, 11) is 0. The number of unbranched alkanes of at least 4 members (excludes halogenated alkanes) is 4. The molecule has 0 fully saturated rings. The third kappa shape index (κ3) is 7.91. The highest BCUT2D eigenvalue weighted by atomic mass is 16.4. The van der Waals surface area contributed by atoms with Crippen molar-refractivity contribution in [2.45, 2.75) is 45.4 Å². The van der Waals surface area contributed by atoms with Crippen LogP contribution in [0.4, 0.5) is 0 Å². The number of aliphatic carboxylic acids is 1. The van der Waals surface area contributed by atoms with Crippen molar-refractivity contribution in [1.82, 2.24) is 0 Å². The van der Waals surface area contributed by atoms with Crippen molar-refractivity contribution >= 4 is 12.3 Å². The first-order chi connectivity index (χ1) is 7.22. The van der Waals surface area contributed by atoms with E-state index in [1.807, 2.05) is 6.08 Å². The number of rotatable bonds is 9. The summed E-state index contributed by atoms with van der Waals surface area (Å²) in [6, 6.07) is 0. The van der Waals surface area contributed by atoms with Gasteiger partial charge >= 0.3 is 5.97 Å². The van der Waals surface area contributed by atoms with Crippen molar-refractivity contribution < 1.29 is 14.7 Å². The van der Waals surface area contributed by atoms with Crippen LogP contribution in [0.15, 0.2) is 12.2 Å². The molecule has 0 rings (SSSR count). The van der Waals surface area contributed by atoms with Gasteiger partial charge in [-0.2, -0.15) is 0 Å². The molecule has 0 aliphatic rings. The lowest BCUT2D eigenvalue weighted by atomic mass is 10.1. The third-order valence-corrected chi connectivity index (χ3v) is 2.26. The maximum Gasteiger partial charge on any atom is 0.314 e. The summed E-state index contributed by atoms with van der Waals surface area (Å²) in [5, 5.41) is 8.58. The average molecular weight is 212 g/mol. The molecule has 1 unspecified atom stereocenters. The standard InChI is InChI=1S/C12H20O3/c1-2-3-4-5-6-7-8-9-11(10-13)12(14)15/h7-8,10-11H,2-6,9H2,1H3,(H,14,15)/b8-7+. The van der Waals surface area contributed by atoms with Gasteiger partial charge in [0.25, 0.3) is 0 Å². The van der Waals surface area contributed by atoms with Crippen molar-refractivity contribution in [3.63, 3.8) is 0 Å². The number of hydrogen-bond donors (Lipinski definition) is 1. The molecule has 0 aromatic rings. The van der Waals surface area contributed by atoms with Crippen molar-refractivity contribution in [3.05, 3.63) is 12.2 Å². The molecule has 0 amide bonds. The largest absolute Gasteiger partial charge is 0.481 e. The summed E-state index contributed by atoms with van der Waals surface area (Å²) in [4.78, 5) is 20.8. The monoisotopic (exact) mass is 212 g/mol. The molecule has 0 spiro atoms. The highest BCUT2D eigenvalue weighted by molar-refractivity contribution is 5.86. The lowest BCUT2D eigenvalue weighted by Crippen LogP contribution is -2.13. The van der Waals surface area contributed by atoms with E-state index in [9.17, 15) is 9.59 Å². The van der Waals surface area contributed by atoms with E-state index in [2.05, 4.69) is 6.92 Å². The van der Waals surface area contributed by atoms with Crippen molar-refractivity contribution in [3.8, 4) is 0 Å². The Morgan fingerprint density at radius 1 is 1.27 bits per heavy atom. The van der Waals surface area contributed by atoms with Gasteiger partial charge in [-0.3, -0.25) is 4.79 Å². The summed E-state index contributed by atoms with van der Waals surface area (Å²) in [6.45, 7) is 2.16. The zero-order chi connectivity index (χ0) is 11.5. The average Bonchev–Trinajstić information content (AvgIpc) is 2.21. The second-order valence-electron chi connectivity index (χ2n) is 3.64. The lowest BCUT2D eigenvalue weighted by molar-refractivity contribution is -0.143. The van der Waals surface area contributed by atoms with Crippen LogP contribution in [0.3, 0.4) is 0 Å². The fraction of sp³-hybridized carbons (Fsp3) is 0.667. The predicted molar refractivity (Wildman–Crippen MR) is 59.7 cm³/mol. The van der Waals surface area contributed by atoms with Gasteiger partial charge in [0.2, 0.25) is 0 Å². The molecule has 1 atom stereocenters. The minimum absolute atomic E-state index is 0.312. The van der Waals surface area contributed by atoms with Crippen LogP contribution in [0.5, 0.6) is 0 Å². The molecule has 0 saturated heterocycles. The zero-order valence-corrected chi connectivity index (χ0v) is 9.32. The molecule has 0 radical (unpaired) electrons. The van der Waals surface area contributed by atoms with E-state index in [4.69, 9.17) is 5.11 Å². The SMILES string of the molecule is CCCCCC/C=C/CC(C=O)C(=O)O. The second kappa shape index (κ2) is 9.44. The minimum Gasteiger partial charge on any atom is -0.481 e. The smallest absolute Gasteiger partial charge is 0.314 e. The number of carbonyl (C=O) groups excluding carboxylic acids is 1. The number of aldehydes is 1. The zero-order valence-electron chi connectivity index (χ0n) is 9.32. The van der Waals surface area contributed by atoms with Crippen molar-refractivity contribution in [2.24, 2.45) is 5.92 Å². The summed E-state index contributed by atoms with van der Waals surface area (Å²) in [5.74, 6) is -1.92. The van der Waals surface area contributed by atoms with E-state index in [1.54, 1.807) is 6.08 Å². The van der Waals surface area contributed by atoms with Crippen LogP contribution in [-0.2, 0) is 9.59 Å². The molecule has 0 bridgehead atoms. The van der Waals surface area contributed by atoms with Crippen LogP contribution in [0, 0.1) is 5.92 Å². The fourth-order valence-corrected chi connectivity index (χ4v) is 1.26. The Labute approximate surface area is 91.2 Å². The van der Waals surface area contributed by atoms with E-state index in [1.165, 1.54) is 19.3 Å². The van der Waals surface area contributed by atoms with Gasteiger partial charge in [0, 0.05) is 0 Å². The molecule has 0 aliphatic carbocycles. The van der Waals surface area contributed by atoms with E-state index in [0.717, 1.165) is 12.8 Å². The normalized spacial score (nSPS) is 12.9. The van der Waals surface area contributed by atoms with Gasteiger partial charge in [0.15, 0.2) is 0 Å². The van der Waals surface area contributed by atoms with E-state index in [0.29, 0.717) is 12.7 Å². The number of carboxylic acid groups (broad SMARTS) is 1. The Bertz CT molecular complexity index is 209. The van der Waals surface area contributed by atoms with Gasteiger partial charge in [-0.1, -0.05) is 38.3 Å². The van der Waals surface area contributed by atoms with Gasteiger partial charge in [-0.05, 0) is 19.3 Å². The predicted octanol–water partition coefficient (Wildman–Crippen LogP) is 2.80. The first kappa shape index (κ1) is 13.9. The maximum absolute atomic E-state index is 10.5. The molecular formula is C12H20O3. The molecule has 0 heterocycles. The minimum atomic E-state index is -1.04. The van der Waals surface area contributed by atoms with Crippen LogP contribution >= 0.6 is 0 Å². The van der Waals surface area contributed by atoms with Gasteiger partial charge in [-0.25, -0.2) is 0 Å². The van der Waals surface area contributed by atoms with Crippen LogP contribution in [-0.4, -0.2) is 17.4 Å². The van der Waals surface area contributed by atoms with Crippen molar-refractivity contribution in [1.29, 1.82) is 0 Å². The highest BCUT2D eigenvalue weighted by Gasteiger charge is 2.13. The quantitative estimate of drug-likeness (QED) is 0.277. The van der Waals surface area contributed by atoms with Gasteiger partial charge < -0.3 is 9.90 Å². The lowest BCUT2D eigenvalue weighted by Gasteiger charge is -1.99. The van der Waals surface area contributed by atoms with E-state index < -0.39 is 11.9 Å². The summed E-state index contributed by atoms with van der Waals surface area (Å²) in [5.41, 5.74) is 0. The van der Waals surface area contributed by atoms with Gasteiger partial charge in [0.1, 0.15) is 12.2 Å². The first-order valence-corrected chi connectivity index (χ1v) is 5.55. The van der Waals surface area contributed by atoms with Gasteiger partial charge in [-0.15, -0.1) is 0 Å².